The molecule has 0 saturated carbocycles. The summed E-state index contributed by atoms with van der Waals surface area (Å²) in [7, 11) is 0. The summed E-state index contributed by atoms with van der Waals surface area (Å²) in [5, 5.41) is 8.98. The van der Waals surface area contributed by atoms with Crippen molar-refractivity contribution in [1.82, 2.24) is 4.98 Å². The quantitative estimate of drug-likeness (QED) is 0.824. The lowest BCUT2D eigenvalue weighted by atomic mass is 10.2. The van der Waals surface area contributed by atoms with Gasteiger partial charge in [0.2, 0.25) is 5.88 Å². The second-order valence-corrected chi connectivity index (χ2v) is 4.15. The predicted molar refractivity (Wildman–Crippen MR) is 65.5 cm³/mol. The Hall–Kier alpha value is -2.26. The summed E-state index contributed by atoms with van der Waals surface area (Å²) in [6, 6.07) is 8.16. The number of nitrogens with zero attached hydrogens (tertiary/aromatic N) is 2. The molecule has 2 aromatic rings. The summed E-state index contributed by atoms with van der Waals surface area (Å²) >= 11 is 5.86. The smallest absolute Gasteiger partial charge is 0.417 e. The number of pyridine rings is 1. The maximum Gasteiger partial charge on any atom is 0.417 e. The zero-order chi connectivity index (χ0) is 14.8. The molecule has 1 heterocycles. The monoisotopic (exact) mass is 298 g/mol. The Bertz CT molecular complexity index is 663. The van der Waals surface area contributed by atoms with Crippen molar-refractivity contribution in [2.45, 2.75) is 6.18 Å². The molecule has 0 N–H and O–H groups in total. The molecular weight excluding hydrogens is 293 g/mol. The van der Waals surface area contributed by atoms with E-state index in [1.807, 2.05) is 6.07 Å². The Morgan fingerprint density at radius 2 is 1.95 bits per heavy atom. The lowest BCUT2D eigenvalue weighted by Crippen LogP contribution is -2.05. The Morgan fingerprint density at radius 3 is 2.50 bits per heavy atom. The minimum atomic E-state index is -4.45. The maximum atomic E-state index is 12.4. The van der Waals surface area contributed by atoms with Gasteiger partial charge in [0, 0.05) is 18.3 Å². The van der Waals surface area contributed by atoms with Crippen LogP contribution < -0.4 is 4.74 Å². The minimum Gasteiger partial charge on any atom is -0.437 e. The van der Waals surface area contributed by atoms with Crippen molar-refractivity contribution in [3.8, 4) is 17.7 Å². The van der Waals surface area contributed by atoms with Crippen molar-refractivity contribution in [2.24, 2.45) is 0 Å². The molecule has 1 aromatic heterocycles. The molecule has 0 atom stereocenters. The maximum absolute atomic E-state index is 12.4. The van der Waals surface area contributed by atoms with E-state index in [0.29, 0.717) is 11.8 Å². The van der Waals surface area contributed by atoms with Gasteiger partial charge in [0.1, 0.15) is 5.75 Å². The number of hydrogen-bond donors (Lipinski definition) is 0. The van der Waals surface area contributed by atoms with E-state index in [4.69, 9.17) is 21.6 Å². The van der Waals surface area contributed by atoms with Crippen molar-refractivity contribution in [1.29, 1.82) is 5.26 Å². The summed E-state index contributed by atoms with van der Waals surface area (Å²) in [6.45, 7) is 0. The number of rotatable bonds is 2. The fourth-order valence-electron chi connectivity index (χ4n) is 1.37. The molecule has 20 heavy (non-hydrogen) atoms. The molecule has 3 nitrogen and oxygen atoms in total. The van der Waals surface area contributed by atoms with Gasteiger partial charge in [-0.2, -0.15) is 18.4 Å². The molecule has 2 rings (SSSR count). The first-order valence-electron chi connectivity index (χ1n) is 5.31. The highest BCUT2D eigenvalue weighted by atomic mass is 35.5. The van der Waals surface area contributed by atoms with Crippen molar-refractivity contribution in [3.63, 3.8) is 0 Å². The van der Waals surface area contributed by atoms with Gasteiger partial charge in [-0.15, -0.1) is 0 Å². The standard InChI is InChI=1S/C13H6ClF3N2O/c14-10-3-1-8(6-18)5-11(10)20-12-4-2-9(7-19-12)13(15,16)17/h1-5,7H. The Balaban J connectivity index is 2.25. The van der Waals surface area contributed by atoms with Crippen molar-refractivity contribution in [2.75, 3.05) is 0 Å². The zero-order valence-electron chi connectivity index (χ0n) is 9.78. The first-order valence-corrected chi connectivity index (χ1v) is 5.68. The van der Waals surface area contributed by atoms with Crippen LogP contribution >= 0.6 is 11.6 Å². The molecule has 1 aromatic carbocycles. The zero-order valence-corrected chi connectivity index (χ0v) is 10.5. The number of alkyl halides is 3. The van der Waals surface area contributed by atoms with Gasteiger partial charge in [0.05, 0.1) is 22.2 Å². The van der Waals surface area contributed by atoms with E-state index in [1.165, 1.54) is 18.2 Å². The molecule has 0 spiro atoms. The first-order chi connectivity index (χ1) is 9.40. The van der Waals surface area contributed by atoms with Gasteiger partial charge in [0.25, 0.3) is 0 Å². The van der Waals surface area contributed by atoms with Crippen LogP contribution in [-0.2, 0) is 6.18 Å². The fourth-order valence-corrected chi connectivity index (χ4v) is 1.53. The third-order valence-electron chi connectivity index (χ3n) is 2.34. The normalized spacial score (nSPS) is 10.9. The van der Waals surface area contributed by atoms with Crippen LogP contribution in [0.25, 0.3) is 0 Å². The van der Waals surface area contributed by atoms with Gasteiger partial charge in [-0.1, -0.05) is 11.6 Å². The molecule has 0 bridgehead atoms. The summed E-state index contributed by atoms with van der Waals surface area (Å²) in [5.41, 5.74) is -0.557. The Kier molecular flexibility index (Phi) is 3.81. The molecular formula is C13H6ClF3N2O. The van der Waals surface area contributed by atoms with E-state index in [1.54, 1.807) is 0 Å². The topological polar surface area (TPSA) is 45.9 Å². The second-order valence-electron chi connectivity index (χ2n) is 3.74. The lowest BCUT2D eigenvalue weighted by molar-refractivity contribution is -0.137. The van der Waals surface area contributed by atoms with Crippen molar-refractivity contribution < 1.29 is 17.9 Å². The number of halogens is 4. The van der Waals surface area contributed by atoms with Crippen LogP contribution in [0.1, 0.15) is 11.1 Å². The van der Waals surface area contributed by atoms with Crippen molar-refractivity contribution >= 4 is 11.6 Å². The molecule has 0 aliphatic heterocycles. The molecule has 7 heteroatoms. The van der Waals surface area contributed by atoms with Crippen LogP contribution in [0, 0.1) is 11.3 Å². The third kappa shape index (κ3) is 3.19. The largest absolute Gasteiger partial charge is 0.437 e. The molecule has 0 aliphatic rings. The SMILES string of the molecule is N#Cc1ccc(Cl)c(Oc2ccc(C(F)(F)F)cn2)c1. The lowest BCUT2D eigenvalue weighted by Gasteiger charge is -2.09. The molecule has 0 amide bonds. The number of ether oxygens (including phenoxy) is 1. The fraction of sp³-hybridized carbons (Fsp3) is 0.0769. The highest BCUT2D eigenvalue weighted by Crippen LogP contribution is 2.32. The molecule has 0 unspecified atom stereocenters. The molecule has 0 fully saturated rings. The predicted octanol–water partition coefficient (Wildman–Crippen LogP) is 4.42. The van der Waals surface area contributed by atoms with E-state index < -0.39 is 11.7 Å². The van der Waals surface area contributed by atoms with E-state index in [9.17, 15) is 13.2 Å². The van der Waals surface area contributed by atoms with Crippen LogP contribution in [0.5, 0.6) is 11.6 Å². The number of nitriles is 1. The summed E-state index contributed by atoms with van der Waals surface area (Å²) < 4.78 is 42.4. The van der Waals surface area contributed by atoms with E-state index in [0.717, 1.165) is 12.1 Å². The third-order valence-corrected chi connectivity index (χ3v) is 2.65. The van der Waals surface area contributed by atoms with Gasteiger partial charge in [-0.25, -0.2) is 4.98 Å². The van der Waals surface area contributed by atoms with Crippen LogP contribution in [0.15, 0.2) is 36.5 Å². The Morgan fingerprint density at radius 1 is 1.20 bits per heavy atom. The summed E-state index contributed by atoms with van der Waals surface area (Å²) in [4.78, 5) is 3.55. The highest BCUT2D eigenvalue weighted by molar-refractivity contribution is 6.32. The van der Waals surface area contributed by atoms with Crippen LogP contribution in [-0.4, -0.2) is 4.98 Å². The van der Waals surface area contributed by atoms with Gasteiger partial charge in [0.15, 0.2) is 0 Å². The molecule has 0 saturated heterocycles. The van der Waals surface area contributed by atoms with Crippen LogP contribution in [0.4, 0.5) is 13.2 Å². The highest BCUT2D eigenvalue weighted by Gasteiger charge is 2.30. The van der Waals surface area contributed by atoms with E-state index >= 15 is 0 Å². The number of aromatic nitrogens is 1. The minimum absolute atomic E-state index is 0.0463. The number of benzene rings is 1. The molecule has 102 valence electrons. The summed E-state index contributed by atoms with van der Waals surface area (Å²) in [6.07, 6.45) is -3.79. The average Bonchev–Trinajstić information content (AvgIpc) is 2.41. The Labute approximate surface area is 117 Å². The van der Waals surface area contributed by atoms with Crippen LogP contribution in [0.2, 0.25) is 5.02 Å². The van der Waals surface area contributed by atoms with E-state index in [-0.39, 0.29) is 16.7 Å². The summed E-state index contributed by atoms with van der Waals surface area (Å²) in [5.74, 6) is 0.105. The van der Waals surface area contributed by atoms with Crippen LogP contribution in [0.3, 0.4) is 0 Å². The van der Waals surface area contributed by atoms with E-state index in [2.05, 4.69) is 4.98 Å². The average molecular weight is 299 g/mol. The second kappa shape index (κ2) is 5.39. The molecule has 0 aliphatic carbocycles. The van der Waals surface area contributed by atoms with Crippen molar-refractivity contribution in [3.05, 3.63) is 52.7 Å². The van der Waals surface area contributed by atoms with Gasteiger partial charge < -0.3 is 4.74 Å². The first kappa shape index (κ1) is 14.2. The van der Waals surface area contributed by atoms with Gasteiger partial charge in [-0.05, 0) is 18.2 Å². The molecule has 0 radical (unpaired) electrons. The number of hydrogen-bond acceptors (Lipinski definition) is 3. The van der Waals surface area contributed by atoms with Gasteiger partial charge in [-0.3, -0.25) is 0 Å². The van der Waals surface area contributed by atoms with Gasteiger partial charge >= 0.3 is 6.18 Å².